The molecule has 0 radical (unpaired) electrons. The van der Waals surface area contributed by atoms with Crippen LogP contribution in [0.2, 0.25) is 0 Å². The van der Waals surface area contributed by atoms with E-state index in [2.05, 4.69) is 5.32 Å². The first-order chi connectivity index (χ1) is 12.1. The Morgan fingerprint density at radius 2 is 1.76 bits per heavy atom. The van der Waals surface area contributed by atoms with Crippen LogP contribution in [-0.2, 0) is 16.0 Å². The number of nitrogens with one attached hydrogen (secondary N) is 1. The lowest BCUT2D eigenvalue weighted by molar-refractivity contribution is -0.139. The molecule has 25 heavy (non-hydrogen) atoms. The molecule has 2 amide bonds. The SMILES string of the molecule is Cc1ccccc1CC(=O)N1CCN(C(=O)CCC2CCNC2)CC1. The van der Waals surface area contributed by atoms with Gasteiger partial charge in [0.25, 0.3) is 0 Å². The van der Waals surface area contributed by atoms with E-state index in [9.17, 15) is 9.59 Å². The van der Waals surface area contributed by atoms with Gasteiger partial charge in [-0.15, -0.1) is 0 Å². The van der Waals surface area contributed by atoms with E-state index in [4.69, 9.17) is 0 Å². The number of carbonyl (C=O) groups excluding carboxylic acids is 2. The maximum Gasteiger partial charge on any atom is 0.227 e. The maximum atomic E-state index is 12.5. The van der Waals surface area contributed by atoms with Crippen molar-refractivity contribution in [1.82, 2.24) is 15.1 Å². The third-order valence-electron chi connectivity index (χ3n) is 5.52. The average molecular weight is 343 g/mol. The first kappa shape index (κ1) is 17.9. The summed E-state index contributed by atoms with van der Waals surface area (Å²) in [5.74, 6) is 1.07. The summed E-state index contributed by atoms with van der Waals surface area (Å²) in [4.78, 5) is 28.7. The first-order valence-electron chi connectivity index (χ1n) is 9.44. The van der Waals surface area contributed by atoms with Crippen molar-refractivity contribution in [2.24, 2.45) is 5.92 Å². The van der Waals surface area contributed by atoms with E-state index in [1.165, 1.54) is 6.42 Å². The minimum atomic E-state index is 0.165. The van der Waals surface area contributed by atoms with E-state index in [1.807, 2.05) is 41.0 Å². The number of amides is 2. The summed E-state index contributed by atoms with van der Waals surface area (Å²) in [5.41, 5.74) is 2.25. The van der Waals surface area contributed by atoms with E-state index < -0.39 is 0 Å². The Morgan fingerprint density at radius 3 is 2.40 bits per heavy atom. The van der Waals surface area contributed by atoms with E-state index in [0.717, 1.165) is 30.6 Å². The van der Waals surface area contributed by atoms with Crippen LogP contribution in [0.4, 0.5) is 0 Å². The highest BCUT2D eigenvalue weighted by Gasteiger charge is 2.25. The van der Waals surface area contributed by atoms with Crippen LogP contribution in [0.1, 0.15) is 30.4 Å². The predicted molar refractivity (Wildman–Crippen MR) is 98.3 cm³/mol. The molecule has 1 aromatic carbocycles. The predicted octanol–water partition coefficient (Wildman–Crippen LogP) is 1.60. The molecule has 2 saturated heterocycles. The second-order valence-corrected chi connectivity index (χ2v) is 7.26. The van der Waals surface area contributed by atoms with Crippen molar-refractivity contribution in [2.75, 3.05) is 39.3 Å². The van der Waals surface area contributed by atoms with Crippen LogP contribution in [0, 0.1) is 12.8 Å². The van der Waals surface area contributed by atoms with Gasteiger partial charge in [0.1, 0.15) is 0 Å². The lowest BCUT2D eigenvalue weighted by atomic mass is 10.0. The molecular formula is C20H29N3O2. The second kappa shape index (κ2) is 8.48. The van der Waals surface area contributed by atoms with Gasteiger partial charge >= 0.3 is 0 Å². The zero-order valence-electron chi connectivity index (χ0n) is 15.2. The second-order valence-electron chi connectivity index (χ2n) is 7.26. The molecule has 5 heteroatoms. The Labute approximate surface area is 150 Å². The Kier molecular flexibility index (Phi) is 6.08. The van der Waals surface area contributed by atoms with Crippen LogP contribution >= 0.6 is 0 Å². The Morgan fingerprint density at radius 1 is 1.08 bits per heavy atom. The van der Waals surface area contributed by atoms with Crippen LogP contribution < -0.4 is 5.32 Å². The molecular weight excluding hydrogens is 314 g/mol. The summed E-state index contributed by atoms with van der Waals surface area (Å²) < 4.78 is 0. The molecule has 1 atom stereocenters. The smallest absolute Gasteiger partial charge is 0.227 e. The fourth-order valence-electron chi connectivity index (χ4n) is 3.73. The van der Waals surface area contributed by atoms with E-state index in [0.29, 0.717) is 44.9 Å². The molecule has 0 spiro atoms. The Balaban J connectivity index is 1.42. The van der Waals surface area contributed by atoms with Crippen molar-refractivity contribution < 1.29 is 9.59 Å². The van der Waals surface area contributed by atoms with Gasteiger partial charge in [0.05, 0.1) is 6.42 Å². The van der Waals surface area contributed by atoms with Gasteiger partial charge in [0.2, 0.25) is 11.8 Å². The molecule has 0 aromatic heterocycles. The molecule has 0 aliphatic carbocycles. The van der Waals surface area contributed by atoms with Gasteiger partial charge in [-0.2, -0.15) is 0 Å². The van der Waals surface area contributed by atoms with E-state index in [1.54, 1.807) is 0 Å². The number of carbonyl (C=O) groups is 2. The van der Waals surface area contributed by atoms with Crippen molar-refractivity contribution >= 4 is 11.8 Å². The molecule has 0 saturated carbocycles. The molecule has 1 unspecified atom stereocenters. The molecule has 136 valence electrons. The fraction of sp³-hybridized carbons (Fsp3) is 0.600. The number of rotatable bonds is 5. The zero-order valence-corrected chi connectivity index (χ0v) is 15.2. The summed E-state index contributed by atoms with van der Waals surface area (Å²) in [6, 6.07) is 8.03. The third-order valence-corrected chi connectivity index (χ3v) is 5.52. The highest BCUT2D eigenvalue weighted by atomic mass is 16.2. The highest BCUT2D eigenvalue weighted by Crippen LogP contribution is 2.16. The lowest BCUT2D eigenvalue weighted by Gasteiger charge is -2.35. The maximum absolute atomic E-state index is 12.5. The van der Waals surface area contributed by atoms with Gasteiger partial charge < -0.3 is 15.1 Å². The van der Waals surface area contributed by atoms with E-state index in [-0.39, 0.29) is 11.8 Å². The minimum Gasteiger partial charge on any atom is -0.339 e. The van der Waals surface area contributed by atoms with Gasteiger partial charge in [-0.25, -0.2) is 0 Å². The van der Waals surface area contributed by atoms with Crippen LogP contribution in [0.3, 0.4) is 0 Å². The first-order valence-corrected chi connectivity index (χ1v) is 9.44. The van der Waals surface area contributed by atoms with Crippen LogP contribution in [0.15, 0.2) is 24.3 Å². The van der Waals surface area contributed by atoms with Crippen LogP contribution in [-0.4, -0.2) is 60.9 Å². The number of aryl methyl sites for hydroxylation is 1. The van der Waals surface area contributed by atoms with Crippen LogP contribution in [0.5, 0.6) is 0 Å². The quantitative estimate of drug-likeness (QED) is 0.883. The average Bonchev–Trinajstić information content (AvgIpc) is 3.15. The van der Waals surface area contributed by atoms with Gasteiger partial charge in [-0.05, 0) is 49.9 Å². The van der Waals surface area contributed by atoms with Gasteiger partial charge in [0.15, 0.2) is 0 Å². The molecule has 2 heterocycles. The van der Waals surface area contributed by atoms with Gasteiger partial charge in [-0.3, -0.25) is 9.59 Å². The zero-order chi connectivity index (χ0) is 17.6. The summed E-state index contributed by atoms with van der Waals surface area (Å²) in [5, 5.41) is 3.35. The summed E-state index contributed by atoms with van der Waals surface area (Å²) in [7, 11) is 0. The van der Waals surface area contributed by atoms with Crippen molar-refractivity contribution in [3.63, 3.8) is 0 Å². The number of benzene rings is 1. The largest absolute Gasteiger partial charge is 0.339 e. The van der Waals surface area contributed by atoms with Gasteiger partial charge in [-0.1, -0.05) is 24.3 Å². The summed E-state index contributed by atoms with van der Waals surface area (Å²) in [6.45, 7) is 6.82. The standard InChI is InChI=1S/C20H29N3O2/c1-16-4-2-3-5-18(16)14-20(25)23-12-10-22(11-13-23)19(24)7-6-17-8-9-21-15-17/h2-5,17,21H,6-15H2,1H3. The molecule has 2 fully saturated rings. The summed E-state index contributed by atoms with van der Waals surface area (Å²) >= 11 is 0. The number of hydrogen-bond acceptors (Lipinski definition) is 3. The lowest BCUT2D eigenvalue weighted by Crippen LogP contribution is -2.51. The van der Waals surface area contributed by atoms with Crippen molar-refractivity contribution in [1.29, 1.82) is 0 Å². The monoisotopic (exact) mass is 343 g/mol. The Bertz CT molecular complexity index is 603. The number of piperazine rings is 1. The number of hydrogen-bond donors (Lipinski definition) is 1. The molecule has 2 aliphatic rings. The molecule has 0 bridgehead atoms. The molecule has 1 N–H and O–H groups in total. The Hall–Kier alpha value is -1.88. The minimum absolute atomic E-state index is 0.165. The van der Waals surface area contributed by atoms with Crippen molar-refractivity contribution in [3.8, 4) is 0 Å². The third kappa shape index (κ3) is 4.82. The fourth-order valence-corrected chi connectivity index (χ4v) is 3.73. The highest BCUT2D eigenvalue weighted by molar-refractivity contribution is 5.80. The molecule has 3 rings (SSSR count). The molecule has 2 aliphatic heterocycles. The molecule has 5 nitrogen and oxygen atoms in total. The number of nitrogens with zero attached hydrogens (tertiary/aromatic N) is 2. The van der Waals surface area contributed by atoms with Crippen molar-refractivity contribution in [2.45, 2.75) is 32.6 Å². The normalized spacial score (nSPS) is 20.8. The topological polar surface area (TPSA) is 52.7 Å². The summed E-state index contributed by atoms with van der Waals surface area (Å²) in [6.07, 6.45) is 3.27. The van der Waals surface area contributed by atoms with Crippen molar-refractivity contribution in [3.05, 3.63) is 35.4 Å². The van der Waals surface area contributed by atoms with E-state index >= 15 is 0 Å². The van der Waals surface area contributed by atoms with Gasteiger partial charge in [0, 0.05) is 32.6 Å². The van der Waals surface area contributed by atoms with Crippen LogP contribution in [0.25, 0.3) is 0 Å². The molecule has 1 aromatic rings.